The fourth-order valence-corrected chi connectivity index (χ4v) is 3.69. The van der Waals surface area contributed by atoms with Gasteiger partial charge in [-0.25, -0.2) is 9.18 Å². The molecule has 7 heteroatoms. The first-order chi connectivity index (χ1) is 11.1. The van der Waals surface area contributed by atoms with Crippen molar-refractivity contribution in [3.63, 3.8) is 0 Å². The van der Waals surface area contributed by atoms with Crippen LogP contribution in [-0.4, -0.2) is 30.9 Å². The number of ether oxygens (including phenoxy) is 2. The summed E-state index contributed by atoms with van der Waals surface area (Å²) in [6, 6.07) is 4.46. The van der Waals surface area contributed by atoms with Crippen molar-refractivity contribution in [3.05, 3.63) is 45.3 Å². The third-order valence-corrected chi connectivity index (χ3v) is 4.91. The number of hydrogen-bond donors (Lipinski definition) is 0. The molecule has 118 valence electrons. The topological polar surface area (TPSA) is 65.0 Å². The number of aliphatic imine (C=N–C) groups is 1. The van der Waals surface area contributed by atoms with Gasteiger partial charge in [-0.2, -0.15) is 0 Å². The molecular weight excluding hydrogens is 369 g/mol. The van der Waals surface area contributed by atoms with Crippen molar-refractivity contribution < 1.29 is 23.5 Å². The van der Waals surface area contributed by atoms with Gasteiger partial charge in [-0.1, -0.05) is 6.07 Å². The fraction of sp³-hybridized carbons (Fsp3) is 0.312. The van der Waals surface area contributed by atoms with Crippen molar-refractivity contribution in [2.75, 3.05) is 13.2 Å². The van der Waals surface area contributed by atoms with Crippen LogP contribution < -0.4 is 0 Å². The summed E-state index contributed by atoms with van der Waals surface area (Å²) >= 11 is 3.15. The van der Waals surface area contributed by atoms with Gasteiger partial charge in [0.1, 0.15) is 18.3 Å². The Balaban J connectivity index is 1.91. The van der Waals surface area contributed by atoms with E-state index >= 15 is 0 Å². The van der Waals surface area contributed by atoms with E-state index in [9.17, 15) is 14.0 Å². The summed E-state index contributed by atoms with van der Waals surface area (Å²) in [5.41, 5.74) is 2.29. The molecule has 1 saturated heterocycles. The zero-order chi connectivity index (χ0) is 16.1. The van der Waals surface area contributed by atoms with Crippen LogP contribution in [0.25, 0.3) is 0 Å². The van der Waals surface area contributed by atoms with Crippen molar-refractivity contribution in [1.29, 1.82) is 0 Å². The van der Waals surface area contributed by atoms with Crippen LogP contribution in [0.15, 0.2) is 38.9 Å². The van der Waals surface area contributed by atoms with Gasteiger partial charge >= 0.3 is 11.9 Å². The van der Waals surface area contributed by atoms with Gasteiger partial charge in [0, 0.05) is 12.3 Å². The second kappa shape index (κ2) is 5.26. The van der Waals surface area contributed by atoms with Gasteiger partial charge in [-0.15, -0.1) is 0 Å². The van der Waals surface area contributed by atoms with Crippen molar-refractivity contribution in [1.82, 2.24) is 0 Å². The van der Waals surface area contributed by atoms with Crippen molar-refractivity contribution in [2.45, 2.75) is 12.3 Å². The Bertz CT molecular complexity index is 801. The minimum absolute atomic E-state index is 0.133. The van der Waals surface area contributed by atoms with E-state index in [1.54, 1.807) is 12.1 Å². The average molecular weight is 380 g/mol. The van der Waals surface area contributed by atoms with Gasteiger partial charge in [0.05, 0.1) is 28.1 Å². The Morgan fingerprint density at radius 3 is 2.83 bits per heavy atom. The highest BCUT2D eigenvalue weighted by Crippen LogP contribution is 2.44. The van der Waals surface area contributed by atoms with E-state index in [1.165, 1.54) is 6.07 Å². The lowest BCUT2D eigenvalue weighted by Crippen LogP contribution is -2.35. The number of hydrogen-bond acceptors (Lipinski definition) is 5. The molecule has 0 amide bonds. The number of benzene rings is 1. The molecule has 0 aliphatic carbocycles. The number of nitrogens with zero attached hydrogens (tertiary/aromatic N) is 1. The third kappa shape index (κ3) is 2.22. The summed E-state index contributed by atoms with van der Waals surface area (Å²) in [5, 5.41) is 0. The second-order valence-electron chi connectivity index (χ2n) is 5.59. The number of cyclic esters (lactones) is 2. The number of carbonyl (C=O) groups excluding carboxylic acids is 2. The third-order valence-electron chi connectivity index (χ3n) is 4.30. The molecule has 0 bridgehead atoms. The summed E-state index contributed by atoms with van der Waals surface area (Å²) < 4.78 is 24.1. The molecule has 2 atom stereocenters. The van der Waals surface area contributed by atoms with E-state index in [2.05, 4.69) is 20.9 Å². The number of carbonyl (C=O) groups is 2. The SMILES string of the molecule is O=C1OCCC2=C1C(c1ccc(F)c(Br)c1)C1C(=O)OCC1=N2. The minimum Gasteiger partial charge on any atom is -0.462 e. The number of esters is 2. The maximum Gasteiger partial charge on any atom is 0.336 e. The van der Waals surface area contributed by atoms with E-state index in [0.717, 1.165) is 0 Å². The van der Waals surface area contributed by atoms with E-state index in [0.29, 0.717) is 29.0 Å². The number of halogens is 2. The van der Waals surface area contributed by atoms with Gasteiger partial charge < -0.3 is 9.47 Å². The largest absolute Gasteiger partial charge is 0.462 e. The monoisotopic (exact) mass is 379 g/mol. The molecule has 1 fully saturated rings. The normalized spacial score (nSPS) is 26.3. The predicted octanol–water partition coefficient (Wildman–Crippen LogP) is 2.50. The lowest BCUT2D eigenvalue weighted by molar-refractivity contribution is -0.142. The van der Waals surface area contributed by atoms with Crippen molar-refractivity contribution >= 4 is 33.6 Å². The molecule has 0 saturated carbocycles. The zero-order valence-corrected chi connectivity index (χ0v) is 13.4. The van der Waals surface area contributed by atoms with Gasteiger partial charge in [0.2, 0.25) is 0 Å². The molecule has 0 radical (unpaired) electrons. The van der Waals surface area contributed by atoms with Crippen LogP contribution in [0, 0.1) is 11.7 Å². The highest BCUT2D eigenvalue weighted by atomic mass is 79.9. The molecule has 3 heterocycles. The summed E-state index contributed by atoms with van der Waals surface area (Å²) in [6.07, 6.45) is 0.504. The van der Waals surface area contributed by atoms with Crippen LogP contribution in [0.4, 0.5) is 4.39 Å². The fourth-order valence-electron chi connectivity index (χ4n) is 3.29. The molecule has 1 aromatic rings. The Morgan fingerprint density at radius 1 is 1.22 bits per heavy atom. The molecule has 0 N–H and O–H groups in total. The maximum atomic E-state index is 13.6. The van der Waals surface area contributed by atoms with Gasteiger partial charge in [-0.3, -0.25) is 9.79 Å². The first-order valence-electron chi connectivity index (χ1n) is 7.15. The molecule has 5 nitrogen and oxygen atoms in total. The van der Waals surface area contributed by atoms with Crippen LogP contribution in [0.2, 0.25) is 0 Å². The van der Waals surface area contributed by atoms with Crippen LogP contribution in [0.5, 0.6) is 0 Å². The standard InChI is InChI=1S/C16H11BrFNO4/c17-8-5-7(1-2-9(8)18)12-13-10(3-4-22-15(13)20)19-11-6-23-16(21)14(11)12/h1-2,5,12,14H,3-4,6H2. The summed E-state index contributed by atoms with van der Waals surface area (Å²) in [5.74, 6) is -2.51. The first kappa shape index (κ1) is 14.6. The molecule has 1 aromatic carbocycles. The number of rotatable bonds is 1. The van der Waals surface area contributed by atoms with Gasteiger partial charge in [0.15, 0.2) is 0 Å². The Morgan fingerprint density at radius 2 is 2.04 bits per heavy atom. The first-order valence-corrected chi connectivity index (χ1v) is 7.95. The lowest BCUT2D eigenvalue weighted by Gasteiger charge is -2.31. The van der Waals surface area contributed by atoms with Gasteiger partial charge in [-0.05, 0) is 33.6 Å². The highest BCUT2D eigenvalue weighted by molar-refractivity contribution is 9.10. The molecule has 2 unspecified atom stereocenters. The molecular formula is C16H11BrFNO4. The lowest BCUT2D eigenvalue weighted by atomic mass is 9.75. The van der Waals surface area contributed by atoms with Gasteiger partial charge in [0.25, 0.3) is 0 Å². The van der Waals surface area contributed by atoms with Crippen LogP contribution in [-0.2, 0) is 19.1 Å². The Labute approximate surface area is 139 Å². The summed E-state index contributed by atoms with van der Waals surface area (Å²) in [6.45, 7) is 0.405. The Hall–Kier alpha value is -2.02. The van der Waals surface area contributed by atoms with Crippen LogP contribution >= 0.6 is 15.9 Å². The zero-order valence-electron chi connectivity index (χ0n) is 11.8. The molecule has 4 rings (SSSR count). The average Bonchev–Trinajstić information content (AvgIpc) is 2.90. The van der Waals surface area contributed by atoms with E-state index in [-0.39, 0.29) is 17.7 Å². The summed E-state index contributed by atoms with van der Waals surface area (Å²) in [7, 11) is 0. The summed E-state index contributed by atoms with van der Waals surface area (Å²) in [4.78, 5) is 28.9. The van der Waals surface area contributed by atoms with E-state index in [4.69, 9.17) is 9.47 Å². The predicted molar refractivity (Wildman–Crippen MR) is 81.3 cm³/mol. The minimum atomic E-state index is -0.656. The smallest absolute Gasteiger partial charge is 0.336 e. The molecule has 23 heavy (non-hydrogen) atoms. The van der Waals surface area contributed by atoms with E-state index < -0.39 is 29.6 Å². The molecule has 3 aliphatic heterocycles. The van der Waals surface area contributed by atoms with Crippen LogP contribution in [0.1, 0.15) is 17.9 Å². The molecule has 0 aromatic heterocycles. The van der Waals surface area contributed by atoms with Crippen LogP contribution in [0.3, 0.4) is 0 Å². The highest BCUT2D eigenvalue weighted by Gasteiger charge is 2.48. The Kier molecular flexibility index (Phi) is 3.33. The van der Waals surface area contributed by atoms with Crippen molar-refractivity contribution in [2.24, 2.45) is 10.9 Å². The number of fused-ring (bicyclic) bond motifs is 1. The molecule has 3 aliphatic rings. The molecule has 0 spiro atoms. The quantitative estimate of drug-likeness (QED) is 0.703. The van der Waals surface area contributed by atoms with E-state index in [1.807, 2.05) is 0 Å². The maximum absolute atomic E-state index is 13.6. The van der Waals surface area contributed by atoms with Crippen molar-refractivity contribution in [3.8, 4) is 0 Å². The second-order valence-corrected chi connectivity index (χ2v) is 6.44.